The second-order valence-corrected chi connectivity index (χ2v) is 4.70. The van der Waals surface area contributed by atoms with Crippen molar-refractivity contribution in [3.63, 3.8) is 0 Å². The molecule has 0 bridgehead atoms. The summed E-state index contributed by atoms with van der Waals surface area (Å²) in [5, 5.41) is 10.2. The molecule has 0 atom stereocenters. The third-order valence-electron chi connectivity index (χ3n) is 2.28. The maximum Gasteiger partial charge on any atom is 0.337 e. The number of rotatable bonds is 4. The molecule has 1 aromatic heterocycles. The summed E-state index contributed by atoms with van der Waals surface area (Å²) in [6, 6.07) is 2.03. The molecule has 0 fully saturated rings. The van der Waals surface area contributed by atoms with Crippen molar-refractivity contribution in [3.05, 3.63) is 34.2 Å². The Morgan fingerprint density at radius 3 is 3.12 bits per heavy atom. The minimum Gasteiger partial charge on any atom is -0.462 e. The molecule has 1 aliphatic heterocycles. The smallest absolute Gasteiger partial charge is 0.337 e. The summed E-state index contributed by atoms with van der Waals surface area (Å²) in [5.74, 6) is -0.303. The Hall–Kier alpha value is -1.40. The van der Waals surface area contributed by atoms with Crippen LogP contribution >= 0.6 is 23.6 Å². The zero-order chi connectivity index (χ0) is 12.1. The van der Waals surface area contributed by atoms with Gasteiger partial charge < -0.3 is 15.4 Å². The van der Waals surface area contributed by atoms with Gasteiger partial charge in [-0.25, -0.2) is 4.79 Å². The predicted octanol–water partition coefficient (Wildman–Crippen LogP) is 1.20. The van der Waals surface area contributed by atoms with Crippen LogP contribution in [0.3, 0.4) is 0 Å². The predicted molar refractivity (Wildman–Crippen MR) is 70.8 cm³/mol. The monoisotopic (exact) mass is 268 g/mol. The molecule has 0 amide bonds. The first-order valence-electron chi connectivity index (χ1n) is 5.17. The lowest BCUT2D eigenvalue weighted by Crippen LogP contribution is -2.40. The van der Waals surface area contributed by atoms with Crippen LogP contribution in [0.4, 0.5) is 0 Å². The van der Waals surface area contributed by atoms with Gasteiger partial charge in [-0.1, -0.05) is 0 Å². The largest absolute Gasteiger partial charge is 0.462 e. The van der Waals surface area contributed by atoms with Crippen LogP contribution in [0.15, 0.2) is 28.6 Å². The lowest BCUT2D eigenvalue weighted by molar-refractivity contribution is -0.139. The summed E-state index contributed by atoms with van der Waals surface area (Å²) < 4.78 is 5.16. The number of carbonyl (C=O) groups is 1. The number of thiocarbonyl (C=S) groups is 1. The Balaban J connectivity index is 1.76. The van der Waals surface area contributed by atoms with Crippen LogP contribution in [0.2, 0.25) is 0 Å². The van der Waals surface area contributed by atoms with E-state index in [-0.39, 0.29) is 5.97 Å². The molecule has 0 spiro atoms. The van der Waals surface area contributed by atoms with Crippen LogP contribution in [0.25, 0.3) is 0 Å². The normalized spacial score (nSPS) is 14.6. The maximum atomic E-state index is 11.6. The first-order chi connectivity index (χ1) is 8.25. The van der Waals surface area contributed by atoms with Gasteiger partial charge in [0.2, 0.25) is 0 Å². The molecule has 90 valence electrons. The molecule has 0 radical (unpaired) electrons. The van der Waals surface area contributed by atoms with Gasteiger partial charge in [0.1, 0.15) is 0 Å². The van der Waals surface area contributed by atoms with Crippen molar-refractivity contribution in [3.8, 4) is 0 Å². The molecule has 0 unspecified atom stereocenters. The number of thiophene rings is 1. The highest BCUT2D eigenvalue weighted by Crippen LogP contribution is 2.07. The van der Waals surface area contributed by atoms with Crippen molar-refractivity contribution in [2.24, 2.45) is 0 Å². The lowest BCUT2D eigenvalue weighted by Gasteiger charge is -2.16. The number of carbonyl (C=O) groups excluding carboxylic acids is 1. The molecule has 17 heavy (non-hydrogen) atoms. The molecule has 0 saturated heterocycles. The molecule has 2 N–H and O–H groups in total. The lowest BCUT2D eigenvalue weighted by atomic mass is 10.2. The molecule has 0 aliphatic carbocycles. The van der Waals surface area contributed by atoms with E-state index < -0.39 is 0 Å². The summed E-state index contributed by atoms with van der Waals surface area (Å²) in [7, 11) is 0. The molecule has 1 aromatic rings. The summed E-state index contributed by atoms with van der Waals surface area (Å²) in [6.07, 6.45) is 2.34. The standard InChI is InChI=1S/C11H12N2O2S2/c14-10(9-5-12-11(16)13-6-9)15-3-1-8-2-4-17-7-8/h2,4-5,7H,1,3,6H2,(H2,12,13,16). The van der Waals surface area contributed by atoms with Crippen LogP contribution < -0.4 is 10.6 Å². The first kappa shape index (κ1) is 12.1. The SMILES string of the molecule is O=C(OCCc1ccsc1)C1=CNC(=S)NC1. The van der Waals surface area contributed by atoms with Gasteiger partial charge in [0.15, 0.2) is 5.11 Å². The van der Waals surface area contributed by atoms with Gasteiger partial charge in [0.05, 0.1) is 18.7 Å². The molecule has 0 saturated carbocycles. The average Bonchev–Trinajstić information content (AvgIpc) is 2.83. The second kappa shape index (κ2) is 5.79. The van der Waals surface area contributed by atoms with E-state index in [1.54, 1.807) is 17.5 Å². The van der Waals surface area contributed by atoms with Crippen LogP contribution in [-0.2, 0) is 16.0 Å². The van der Waals surface area contributed by atoms with E-state index in [9.17, 15) is 4.79 Å². The van der Waals surface area contributed by atoms with Gasteiger partial charge >= 0.3 is 5.97 Å². The molecular formula is C11H12N2O2S2. The number of nitrogens with one attached hydrogen (secondary N) is 2. The Morgan fingerprint density at radius 1 is 1.59 bits per heavy atom. The zero-order valence-electron chi connectivity index (χ0n) is 9.06. The minimum atomic E-state index is -0.303. The molecule has 2 rings (SSSR count). The number of hydrogen-bond acceptors (Lipinski definition) is 4. The van der Waals surface area contributed by atoms with E-state index in [1.807, 2.05) is 11.4 Å². The summed E-state index contributed by atoms with van der Waals surface area (Å²) in [6.45, 7) is 0.820. The first-order valence-corrected chi connectivity index (χ1v) is 6.52. The molecule has 4 nitrogen and oxygen atoms in total. The molecule has 0 aromatic carbocycles. The molecule has 1 aliphatic rings. The van der Waals surface area contributed by atoms with Crippen LogP contribution in [-0.4, -0.2) is 24.2 Å². The van der Waals surface area contributed by atoms with Crippen molar-refractivity contribution in [2.45, 2.75) is 6.42 Å². The van der Waals surface area contributed by atoms with Gasteiger partial charge in [0.25, 0.3) is 0 Å². The summed E-state index contributed by atoms with van der Waals surface area (Å²) >= 11 is 6.51. The molecular weight excluding hydrogens is 256 g/mol. The number of hydrogen-bond donors (Lipinski definition) is 2. The van der Waals surface area contributed by atoms with E-state index >= 15 is 0 Å². The minimum absolute atomic E-state index is 0.303. The van der Waals surface area contributed by atoms with Gasteiger partial charge in [-0.15, -0.1) is 0 Å². The van der Waals surface area contributed by atoms with E-state index in [1.165, 1.54) is 5.56 Å². The number of ether oxygens (including phenoxy) is 1. The third-order valence-corrected chi connectivity index (χ3v) is 3.28. The topological polar surface area (TPSA) is 50.4 Å². The van der Waals surface area contributed by atoms with Crippen molar-refractivity contribution in [1.82, 2.24) is 10.6 Å². The Kier molecular flexibility index (Phi) is 4.11. The Labute approximate surface area is 109 Å². The molecule has 6 heteroatoms. The Morgan fingerprint density at radius 2 is 2.47 bits per heavy atom. The molecule has 2 heterocycles. The van der Waals surface area contributed by atoms with Crippen molar-refractivity contribution in [1.29, 1.82) is 0 Å². The highest BCUT2D eigenvalue weighted by molar-refractivity contribution is 7.80. The highest BCUT2D eigenvalue weighted by atomic mass is 32.1. The van der Waals surface area contributed by atoms with Gasteiger partial charge in [0, 0.05) is 12.6 Å². The van der Waals surface area contributed by atoms with Crippen LogP contribution in [0.5, 0.6) is 0 Å². The fraction of sp³-hybridized carbons (Fsp3) is 0.273. The number of esters is 1. The fourth-order valence-corrected chi connectivity index (χ4v) is 2.18. The van der Waals surface area contributed by atoms with E-state index in [4.69, 9.17) is 17.0 Å². The Bertz CT molecular complexity index is 440. The van der Waals surface area contributed by atoms with Crippen molar-refractivity contribution < 1.29 is 9.53 Å². The maximum absolute atomic E-state index is 11.6. The van der Waals surface area contributed by atoms with Gasteiger partial charge in [-0.2, -0.15) is 11.3 Å². The van der Waals surface area contributed by atoms with Crippen LogP contribution in [0, 0.1) is 0 Å². The third kappa shape index (κ3) is 3.54. The van der Waals surface area contributed by atoms with Crippen molar-refractivity contribution in [2.75, 3.05) is 13.2 Å². The second-order valence-electron chi connectivity index (χ2n) is 3.51. The van der Waals surface area contributed by atoms with Gasteiger partial charge in [-0.3, -0.25) is 0 Å². The van der Waals surface area contributed by atoms with Gasteiger partial charge in [-0.05, 0) is 34.6 Å². The highest BCUT2D eigenvalue weighted by Gasteiger charge is 2.14. The quantitative estimate of drug-likeness (QED) is 0.635. The summed E-state index contributed by atoms with van der Waals surface area (Å²) in [4.78, 5) is 11.6. The fourth-order valence-electron chi connectivity index (χ4n) is 1.35. The summed E-state index contributed by atoms with van der Waals surface area (Å²) in [5.41, 5.74) is 1.75. The zero-order valence-corrected chi connectivity index (χ0v) is 10.7. The van der Waals surface area contributed by atoms with E-state index in [2.05, 4.69) is 16.0 Å². The van der Waals surface area contributed by atoms with Crippen molar-refractivity contribution >= 4 is 34.6 Å². The van der Waals surface area contributed by atoms with Crippen LogP contribution in [0.1, 0.15) is 5.56 Å². The van der Waals surface area contributed by atoms with E-state index in [0.29, 0.717) is 23.8 Å². The average molecular weight is 268 g/mol. The van der Waals surface area contributed by atoms with E-state index in [0.717, 1.165) is 6.42 Å².